The van der Waals surface area contributed by atoms with Crippen LogP contribution >= 0.6 is 12.6 Å². The van der Waals surface area contributed by atoms with Gasteiger partial charge in [0.05, 0.1) is 0 Å². The molecule has 0 aliphatic carbocycles. The molecule has 1 atom stereocenters. The quantitative estimate of drug-likeness (QED) is 0.279. The third-order valence-corrected chi connectivity index (χ3v) is 6.47. The van der Waals surface area contributed by atoms with Crippen molar-refractivity contribution < 1.29 is 16.8 Å². The molecule has 0 fully saturated rings. The molecule has 0 aliphatic heterocycles. The molecule has 0 aliphatic rings. The van der Waals surface area contributed by atoms with Crippen LogP contribution in [0.25, 0.3) is 0 Å². The van der Waals surface area contributed by atoms with Crippen LogP contribution in [0.3, 0.4) is 0 Å². The van der Waals surface area contributed by atoms with Crippen molar-refractivity contribution in [2.75, 3.05) is 12.4 Å². The molecule has 0 aromatic heterocycles. The Hall–Kier alpha value is 1.22. The average molecular weight is 349 g/mol. The van der Waals surface area contributed by atoms with Gasteiger partial charge in [0.1, 0.15) is 0 Å². The van der Waals surface area contributed by atoms with Crippen molar-refractivity contribution in [2.24, 2.45) is 0 Å². The topological polar surface area (TPSA) is 52.6 Å². The molecule has 0 spiro atoms. The fourth-order valence-electron chi connectivity index (χ4n) is 2.01. The van der Waals surface area contributed by atoms with Crippen molar-refractivity contribution in [3.8, 4) is 0 Å². The van der Waals surface area contributed by atoms with Gasteiger partial charge in [-0.15, -0.1) is 0 Å². The van der Waals surface area contributed by atoms with Gasteiger partial charge in [0.15, 0.2) is 0 Å². The SMILES string of the molecule is CCCCCCCCCCCCOS(=O)(=O)O[CH]([Na])CS. The van der Waals surface area contributed by atoms with E-state index in [-0.39, 0.29) is 9.96 Å². The standard InChI is InChI=1S/C14H29O4S2.Na/c1-2-3-4-5-6-7-8-9-10-11-12-17-20(15,16)18-13-14-19;/h13,19H,2-12,14H2,1H3;. The Morgan fingerprint density at radius 2 is 1.43 bits per heavy atom. The molecule has 1 unspecified atom stereocenters. The van der Waals surface area contributed by atoms with Gasteiger partial charge in [0.2, 0.25) is 0 Å². The third kappa shape index (κ3) is 15.9. The van der Waals surface area contributed by atoms with E-state index in [0.29, 0.717) is 33.7 Å². The minimum atomic E-state index is -3.82. The van der Waals surface area contributed by atoms with Crippen molar-refractivity contribution in [1.29, 1.82) is 0 Å². The normalized spacial score (nSPS) is 13.5. The number of unbranched alkanes of at least 4 members (excludes halogenated alkanes) is 9. The molecule has 4 nitrogen and oxygen atoms in total. The van der Waals surface area contributed by atoms with Gasteiger partial charge in [-0.05, 0) is 0 Å². The molecule has 7 heteroatoms. The zero-order valence-corrected chi connectivity index (χ0v) is 17.3. The van der Waals surface area contributed by atoms with Crippen molar-refractivity contribution in [3.63, 3.8) is 0 Å². The molecular weight excluding hydrogens is 319 g/mol. The maximum absolute atomic E-state index is 11.4. The summed E-state index contributed by atoms with van der Waals surface area (Å²) in [4.78, 5) is 0. The van der Waals surface area contributed by atoms with E-state index in [2.05, 4.69) is 19.6 Å². The van der Waals surface area contributed by atoms with Crippen LogP contribution in [0.15, 0.2) is 0 Å². The first-order chi connectivity index (χ1) is 10.0. The molecule has 0 aromatic rings. The summed E-state index contributed by atoms with van der Waals surface area (Å²) >= 11 is 4.63. The molecule has 0 saturated carbocycles. The van der Waals surface area contributed by atoms with Crippen molar-refractivity contribution in [3.05, 3.63) is 0 Å². The molecular formula is C14H29NaO4S2. The Bertz CT molecular complexity index is 323. The van der Waals surface area contributed by atoms with E-state index in [1.165, 1.54) is 44.9 Å². The number of hydrogen-bond acceptors (Lipinski definition) is 5. The van der Waals surface area contributed by atoms with Crippen LogP contribution in [0.2, 0.25) is 0 Å². The Balaban J connectivity index is 3.36. The van der Waals surface area contributed by atoms with E-state index in [9.17, 15) is 8.42 Å². The van der Waals surface area contributed by atoms with Gasteiger partial charge in [-0.2, -0.15) is 0 Å². The van der Waals surface area contributed by atoms with Crippen LogP contribution in [0, 0.1) is 0 Å². The van der Waals surface area contributed by atoms with E-state index in [4.69, 9.17) is 8.37 Å². The van der Waals surface area contributed by atoms with Gasteiger partial charge in [0.25, 0.3) is 0 Å². The summed E-state index contributed by atoms with van der Waals surface area (Å²) in [5.74, 6) is 0.410. The molecule has 0 bridgehead atoms. The Labute approximate surface area is 153 Å². The first kappa shape index (κ1) is 22.2. The fourth-order valence-corrected chi connectivity index (χ4v) is 3.74. The second-order valence-electron chi connectivity index (χ2n) is 5.50. The van der Waals surface area contributed by atoms with E-state index >= 15 is 0 Å². The number of thiol groups is 1. The van der Waals surface area contributed by atoms with Crippen molar-refractivity contribution in [1.82, 2.24) is 0 Å². The first-order valence-corrected chi connectivity index (χ1v) is 11.3. The molecule has 122 valence electrons. The van der Waals surface area contributed by atoms with Gasteiger partial charge in [-0.1, -0.05) is 26.2 Å². The molecule has 0 heterocycles. The monoisotopic (exact) mass is 348 g/mol. The number of rotatable bonds is 15. The molecule has 0 N–H and O–H groups in total. The van der Waals surface area contributed by atoms with Gasteiger partial charge >= 0.3 is 128 Å². The van der Waals surface area contributed by atoms with E-state index in [1.54, 1.807) is 0 Å². The maximum atomic E-state index is 11.4. The van der Waals surface area contributed by atoms with Crippen LogP contribution < -0.4 is 0 Å². The van der Waals surface area contributed by atoms with Crippen LogP contribution in [0.4, 0.5) is 0 Å². The van der Waals surface area contributed by atoms with Gasteiger partial charge in [0, 0.05) is 0 Å². The summed E-state index contributed by atoms with van der Waals surface area (Å²) in [6.07, 6.45) is 12.1. The van der Waals surface area contributed by atoms with Crippen LogP contribution in [-0.2, 0) is 18.8 Å². The fraction of sp³-hybridized carbons (Fsp3) is 1.00. The predicted molar refractivity (Wildman–Crippen MR) is 91.2 cm³/mol. The zero-order chi connectivity index (χ0) is 16.0. The Morgan fingerprint density at radius 1 is 0.952 bits per heavy atom. The van der Waals surface area contributed by atoms with Crippen LogP contribution in [0.5, 0.6) is 0 Å². The van der Waals surface area contributed by atoms with Gasteiger partial charge < -0.3 is 0 Å². The van der Waals surface area contributed by atoms with E-state index in [1.807, 2.05) is 0 Å². The van der Waals surface area contributed by atoms with Crippen molar-refractivity contribution in [2.45, 2.75) is 74.5 Å². The van der Waals surface area contributed by atoms with Crippen LogP contribution in [0.1, 0.15) is 71.1 Å². The van der Waals surface area contributed by atoms with Crippen molar-refractivity contribution >= 4 is 51.0 Å². The molecule has 0 rings (SSSR count). The second kappa shape index (κ2) is 14.8. The van der Waals surface area contributed by atoms with E-state index in [0.717, 1.165) is 19.3 Å². The number of hydrogen-bond donors (Lipinski definition) is 1. The molecule has 0 amide bonds. The van der Waals surface area contributed by atoms with Gasteiger partial charge in [-0.25, -0.2) is 0 Å². The molecule has 21 heavy (non-hydrogen) atoms. The summed E-state index contributed by atoms with van der Waals surface area (Å²) in [5.41, 5.74) is 0. The third-order valence-electron chi connectivity index (χ3n) is 3.26. The second-order valence-corrected chi connectivity index (χ2v) is 8.40. The summed E-state index contributed by atoms with van der Waals surface area (Å²) in [6, 6.07) is 0. The van der Waals surface area contributed by atoms with Crippen LogP contribution in [-0.4, -0.2) is 52.1 Å². The average Bonchev–Trinajstić information content (AvgIpc) is 2.44. The van der Waals surface area contributed by atoms with E-state index < -0.39 is 10.4 Å². The summed E-state index contributed by atoms with van der Waals surface area (Å²) in [6.45, 7) is 2.45. The summed E-state index contributed by atoms with van der Waals surface area (Å²) in [5, 5.41) is 0. The molecule has 0 aromatic carbocycles. The summed E-state index contributed by atoms with van der Waals surface area (Å²) < 4.78 is 32.1. The van der Waals surface area contributed by atoms with Gasteiger partial charge in [-0.3, -0.25) is 0 Å². The summed E-state index contributed by atoms with van der Waals surface area (Å²) in [7, 11) is -3.82. The molecule has 0 radical (unpaired) electrons. The molecule has 0 saturated heterocycles. The Kier molecular flexibility index (Phi) is 15.6. The predicted octanol–water partition coefficient (Wildman–Crippen LogP) is 3.61. The zero-order valence-electron chi connectivity index (χ0n) is 13.6. The Morgan fingerprint density at radius 3 is 1.90 bits per heavy atom. The first-order valence-electron chi connectivity index (χ1n) is 8.20. The minimum absolute atomic E-state index is 0.222.